The van der Waals surface area contributed by atoms with Gasteiger partial charge in [-0.1, -0.05) is 45.0 Å². The van der Waals surface area contributed by atoms with Gasteiger partial charge in [0.2, 0.25) is 0 Å². The molecule has 0 aliphatic rings. The zero-order valence-electron chi connectivity index (χ0n) is 14.9. The molecule has 0 fully saturated rings. The molecule has 3 nitrogen and oxygen atoms in total. The van der Waals surface area contributed by atoms with E-state index in [4.69, 9.17) is 11.5 Å². The quantitative estimate of drug-likeness (QED) is 0.406. The summed E-state index contributed by atoms with van der Waals surface area (Å²) >= 11 is 0. The third kappa shape index (κ3) is 2.62. The summed E-state index contributed by atoms with van der Waals surface area (Å²) in [6, 6.07) is 18.7. The Morgan fingerprint density at radius 1 is 0.760 bits per heavy atom. The van der Waals surface area contributed by atoms with E-state index in [0.717, 1.165) is 44.3 Å². The van der Waals surface area contributed by atoms with Gasteiger partial charge in [0, 0.05) is 33.2 Å². The van der Waals surface area contributed by atoms with E-state index in [1.165, 1.54) is 5.56 Å². The fourth-order valence-electron chi connectivity index (χ4n) is 3.42. The molecule has 0 saturated heterocycles. The van der Waals surface area contributed by atoms with Crippen LogP contribution >= 0.6 is 0 Å². The van der Waals surface area contributed by atoms with Crippen molar-refractivity contribution in [2.24, 2.45) is 0 Å². The van der Waals surface area contributed by atoms with E-state index >= 15 is 0 Å². The molecule has 0 spiro atoms. The molecule has 3 heteroatoms. The van der Waals surface area contributed by atoms with Crippen molar-refractivity contribution < 1.29 is 0 Å². The molecular formula is C22H23N3. The highest BCUT2D eigenvalue weighted by atomic mass is 14.7. The van der Waals surface area contributed by atoms with Crippen LogP contribution in [0.25, 0.3) is 32.9 Å². The second-order valence-corrected chi connectivity index (χ2v) is 7.75. The topological polar surface area (TPSA) is 67.8 Å². The predicted molar refractivity (Wildman–Crippen MR) is 109 cm³/mol. The summed E-state index contributed by atoms with van der Waals surface area (Å²) in [7, 11) is 0. The highest BCUT2D eigenvalue weighted by Gasteiger charge is 2.15. The van der Waals surface area contributed by atoms with Crippen molar-refractivity contribution in [3.8, 4) is 11.1 Å². The lowest BCUT2D eigenvalue weighted by Gasteiger charge is -2.19. The summed E-state index contributed by atoms with van der Waals surface area (Å²) in [5.41, 5.74) is 19.6. The molecule has 4 aromatic rings. The van der Waals surface area contributed by atoms with E-state index in [1.54, 1.807) is 0 Å². The Labute approximate surface area is 147 Å². The molecular weight excluding hydrogens is 306 g/mol. The maximum Gasteiger partial charge on any atom is 0.0546 e. The van der Waals surface area contributed by atoms with Crippen LogP contribution in [0.2, 0.25) is 0 Å². The van der Waals surface area contributed by atoms with Crippen molar-refractivity contribution in [3.05, 3.63) is 60.2 Å². The minimum Gasteiger partial charge on any atom is -0.399 e. The van der Waals surface area contributed by atoms with Crippen molar-refractivity contribution in [1.29, 1.82) is 0 Å². The zero-order valence-corrected chi connectivity index (χ0v) is 14.9. The molecule has 1 heterocycles. The standard InChI is InChI=1S/C22H23N3/c1-22(2,3)14-6-4-13(5-7-14)17-11-16(24)12-19-18-10-15(23)8-9-20(18)25-21(17)19/h4-12,25H,23-24H2,1-3H3. The van der Waals surface area contributed by atoms with Gasteiger partial charge in [-0.25, -0.2) is 0 Å². The highest BCUT2D eigenvalue weighted by Crippen LogP contribution is 2.36. The molecule has 0 aliphatic heterocycles. The second kappa shape index (κ2) is 5.28. The fraction of sp³-hybridized carbons (Fsp3) is 0.182. The molecule has 0 saturated carbocycles. The molecule has 0 aliphatic carbocycles. The minimum absolute atomic E-state index is 0.141. The first kappa shape index (κ1) is 15.6. The van der Waals surface area contributed by atoms with Crippen molar-refractivity contribution in [1.82, 2.24) is 4.98 Å². The van der Waals surface area contributed by atoms with Gasteiger partial charge < -0.3 is 16.5 Å². The Hall–Kier alpha value is -2.94. The van der Waals surface area contributed by atoms with Gasteiger partial charge in [-0.05, 0) is 46.9 Å². The van der Waals surface area contributed by atoms with Crippen LogP contribution in [0.4, 0.5) is 11.4 Å². The first-order valence-corrected chi connectivity index (χ1v) is 8.54. The van der Waals surface area contributed by atoms with Crippen LogP contribution < -0.4 is 11.5 Å². The molecule has 0 unspecified atom stereocenters. The van der Waals surface area contributed by atoms with Crippen LogP contribution in [-0.4, -0.2) is 4.98 Å². The molecule has 0 bridgehead atoms. The van der Waals surface area contributed by atoms with Crippen LogP contribution in [0, 0.1) is 0 Å². The van der Waals surface area contributed by atoms with Gasteiger partial charge in [0.05, 0.1) is 5.52 Å². The lowest BCUT2D eigenvalue weighted by atomic mass is 9.86. The third-order valence-corrected chi connectivity index (χ3v) is 4.82. The van der Waals surface area contributed by atoms with Gasteiger partial charge in [0.25, 0.3) is 0 Å². The number of rotatable bonds is 1. The smallest absolute Gasteiger partial charge is 0.0546 e. The van der Waals surface area contributed by atoms with Crippen LogP contribution in [0.5, 0.6) is 0 Å². The SMILES string of the molecule is CC(C)(C)c1ccc(-c2cc(N)cc3c2[nH]c2ccc(N)cc23)cc1. The molecule has 3 aromatic carbocycles. The van der Waals surface area contributed by atoms with E-state index < -0.39 is 0 Å². The summed E-state index contributed by atoms with van der Waals surface area (Å²) < 4.78 is 0. The maximum absolute atomic E-state index is 6.20. The molecule has 0 atom stereocenters. The Morgan fingerprint density at radius 2 is 1.44 bits per heavy atom. The summed E-state index contributed by atoms with van der Waals surface area (Å²) in [4.78, 5) is 3.53. The minimum atomic E-state index is 0.141. The molecule has 126 valence electrons. The van der Waals surface area contributed by atoms with Gasteiger partial charge in [0.1, 0.15) is 0 Å². The molecule has 0 amide bonds. The third-order valence-electron chi connectivity index (χ3n) is 4.82. The number of fused-ring (bicyclic) bond motifs is 3. The number of anilines is 2. The van der Waals surface area contributed by atoms with Gasteiger partial charge in [0.15, 0.2) is 0 Å². The van der Waals surface area contributed by atoms with Gasteiger partial charge in [-0.15, -0.1) is 0 Å². The first-order valence-electron chi connectivity index (χ1n) is 8.54. The normalized spacial score (nSPS) is 12.1. The summed E-state index contributed by atoms with van der Waals surface area (Å²) in [5.74, 6) is 0. The van der Waals surface area contributed by atoms with Crippen LogP contribution in [0.1, 0.15) is 26.3 Å². The maximum atomic E-state index is 6.20. The second-order valence-electron chi connectivity index (χ2n) is 7.75. The Kier molecular flexibility index (Phi) is 3.29. The largest absolute Gasteiger partial charge is 0.399 e. The monoisotopic (exact) mass is 329 g/mol. The molecule has 5 N–H and O–H groups in total. The van der Waals surface area contributed by atoms with E-state index in [-0.39, 0.29) is 5.41 Å². The lowest BCUT2D eigenvalue weighted by Crippen LogP contribution is -2.10. The number of aromatic amines is 1. The van der Waals surface area contributed by atoms with Crippen molar-refractivity contribution in [2.45, 2.75) is 26.2 Å². The number of hydrogen-bond donors (Lipinski definition) is 3. The summed E-state index contributed by atoms with van der Waals surface area (Å²) in [6.07, 6.45) is 0. The van der Waals surface area contributed by atoms with E-state index in [1.807, 2.05) is 30.3 Å². The van der Waals surface area contributed by atoms with E-state index in [0.29, 0.717) is 0 Å². The Bertz CT molecular complexity index is 1080. The van der Waals surface area contributed by atoms with Crippen molar-refractivity contribution >= 4 is 33.2 Å². The predicted octanol–water partition coefficient (Wildman–Crippen LogP) is 5.45. The van der Waals surface area contributed by atoms with Gasteiger partial charge in [-0.3, -0.25) is 0 Å². The van der Waals surface area contributed by atoms with E-state index in [9.17, 15) is 0 Å². The molecule has 1 aromatic heterocycles. The van der Waals surface area contributed by atoms with Crippen molar-refractivity contribution in [3.63, 3.8) is 0 Å². The number of hydrogen-bond acceptors (Lipinski definition) is 2. The molecule has 25 heavy (non-hydrogen) atoms. The number of nitrogens with one attached hydrogen (secondary N) is 1. The van der Waals surface area contributed by atoms with Crippen LogP contribution in [0.15, 0.2) is 54.6 Å². The Balaban J connectivity index is 1.97. The zero-order chi connectivity index (χ0) is 17.8. The number of H-pyrrole nitrogens is 1. The highest BCUT2D eigenvalue weighted by molar-refractivity contribution is 6.13. The number of nitrogen functional groups attached to an aromatic ring is 2. The molecule has 4 rings (SSSR count). The average molecular weight is 329 g/mol. The van der Waals surface area contributed by atoms with Gasteiger partial charge >= 0.3 is 0 Å². The van der Waals surface area contributed by atoms with Gasteiger partial charge in [-0.2, -0.15) is 0 Å². The van der Waals surface area contributed by atoms with Crippen molar-refractivity contribution in [2.75, 3.05) is 11.5 Å². The average Bonchev–Trinajstić information content (AvgIpc) is 2.91. The number of nitrogens with two attached hydrogens (primary N) is 2. The van der Waals surface area contributed by atoms with E-state index in [2.05, 4.69) is 50.0 Å². The Morgan fingerprint density at radius 3 is 2.12 bits per heavy atom. The van der Waals surface area contributed by atoms with Crippen LogP contribution in [-0.2, 0) is 5.41 Å². The van der Waals surface area contributed by atoms with Crippen LogP contribution in [0.3, 0.4) is 0 Å². The fourth-order valence-corrected chi connectivity index (χ4v) is 3.42. The molecule has 0 radical (unpaired) electrons. The lowest BCUT2D eigenvalue weighted by molar-refractivity contribution is 0.590. The summed E-state index contributed by atoms with van der Waals surface area (Å²) in [5, 5.41) is 2.21. The summed E-state index contributed by atoms with van der Waals surface area (Å²) in [6.45, 7) is 6.68. The number of aromatic nitrogens is 1. The number of benzene rings is 3. The first-order chi connectivity index (χ1) is 11.8.